The number of carboxylic acid groups (broad SMARTS) is 1. The molecule has 1 saturated carbocycles. The van der Waals surface area contributed by atoms with Crippen LogP contribution in [0.5, 0.6) is 0 Å². The molecule has 2 heterocycles. The maximum absolute atomic E-state index is 12.8. The van der Waals surface area contributed by atoms with Gasteiger partial charge in [-0.15, -0.1) is 10.2 Å². The molecule has 0 radical (unpaired) electrons. The van der Waals surface area contributed by atoms with Crippen molar-refractivity contribution < 1.29 is 14.7 Å². The average Bonchev–Trinajstić information content (AvgIpc) is 2.87. The van der Waals surface area contributed by atoms with Gasteiger partial charge in [-0.1, -0.05) is 26.2 Å². The molecule has 23 heavy (non-hydrogen) atoms. The Morgan fingerprint density at radius 3 is 2.61 bits per heavy atom. The lowest BCUT2D eigenvalue weighted by Gasteiger charge is -2.38. The molecule has 1 atom stereocenters. The number of nitrogens with zero attached hydrogens (tertiary/aromatic N) is 4. The van der Waals surface area contributed by atoms with E-state index in [2.05, 4.69) is 17.1 Å². The highest BCUT2D eigenvalue weighted by Crippen LogP contribution is 2.39. The molecule has 0 bridgehead atoms. The molecule has 126 valence electrons. The monoisotopic (exact) mass is 320 g/mol. The number of carboxylic acids is 1. The van der Waals surface area contributed by atoms with E-state index in [1.165, 1.54) is 11.3 Å². The van der Waals surface area contributed by atoms with Gasteiger partial charge >= 0.3 is 5.97 Å². The molecule has 0 aromatic carbocycles. The second-order valence-electron chi connectivity index (χ2n) is 7.20. The first kappa shape index (κ1) is 16.0. The average molecular weight is 320 g/mol. The maximum Gasteiger partial charge on any atom is 0.328 e. The summed E-state index contributed by atoms with van der Waals surface area (Å²) in [4.78, 5) is 25.9. The summed E-state index contributed by atoms with van der Waals surface area (Å²) >= 11 is 0. The number of fused-ring (bicyclic) bond motifs is 1. The molecule has 1 aromatic heterocycles. The van der Waals surface area contributed by atoms with Crippen LogP contribution in [0.3, 0.4) is 0 Å². The Kier molecular flexibility index (Phi) is 4.12. The van der Waals surface area contributed by atoms with Crippen molar-refractivity contribution in [3.05, 3.63) is 11.6 Å². The predicted octanol–water partition coefficient (Wildman–Crippen LogP) is 1.74. The third kappa shape index (κ3) is 3.09. The summed E-state index contributed by atoms with van der Waals surface area (Å²) < 4.78 is 1.80. The SMILES string of the molecule is Cc1nnc2n1CC(C(=O)O)N(C(=O)CC1(C)CCCCC1)C2. The normalized spacial score (nSPS) is 23.4. The van der Waals surface area contributed by atoms with Gasteiger partial charge in [-0.05, 0) is 25.2 Å². The van der Waals surface area contributed by atoms with Gasteiger partial charge < -0.3 is 14.6 Å². The van der Waals surface area contributed by atoms with E-state index in [-0.39, 0.29) is 24.4 Å². The van der Waals surface area contributed by atoms with E-state index >= 15 is 0 Å². The van der Waals surface area contributed by atoms with Gasteiger partial charge in [0.05, 0.1) is 13.1 Å². The highest BCUT2D eigenvalue weighted by atomic mass is 16.4. The Labute approximate surface area is 135 Å². The van der Waals surface area contributed by atoms with Crippen molar-refractivity contribution in [3.8, 4) is 0 Å². The molecule has 7 heteroatoms. The zero-order chi connectivity index (χ0) is 16.6. The molecule has 0 saturated heterocycles. The van der Waals surface area contributed by atoms with Crippen LogP contribution in [0.25, 0.3) is 0 Å². The Hall–Kier alpha value is -1.92. The third-order valence-electron chi connectivity index (χ3n) is 5.30. The fourth-order valence-electron chi connectivity index (χ4n) is 3.84. The van der Waals surface area contributed by atoms with Crippen LogP contribution < -0.4 is 0 Å². The van der Waals surface area contributed by atoms with Crippen LogP contribution in [0.15, 0.2) is 0 Å². The molecule has 1 amide bonds. The Morgan fingerprint density at radius 1 is 1.26 bits per heavy atom. The lowest BCUT2D eigenvalue weighted by molar-refractivity contribution is -0.154. The molecule has 1 aliphatic heterocycles. The number of aliphatic carboxylic acids is 1. The lowest BCUT2D eigenvalue weighted by Crippen LogP contribution is -2.51. The highest BCUT2D eigenvalue weighted by Gasteiger charge is 2.39. The number of rotatable bonds is 3. The number of amides is 1. The summed E-state index contributed by atoms with van der Waals surface area (Å²) in [6, 6.07) is -0.836. The van der Waals surface area contributed by atoms with E-state index in [1.807, 2.05) is 0 Å². The summed E-state index contributed by atoms with van der Waals surface area (Å²) in [6.45, 7) is 4.41. The van der Waals surface area contributed by atoms with Crippen LogP contribution in [0, 0.1) is 12.3 Å². The number of carbonyl (C=O) groups is 2. The molecular weight excluding hydrogens is 296 g/mol. The standard InChI is InChI=1S/C16H24N4O3/c1-11-17-18-13-10-20(12(15(22)23)9-19(11)13)14(21)8-16(2)6-4-3-5-7-16/h12H,3-10H2,1-2H3,(H,22,23). The van der Waals surface area contributed by atoms with Gasteiger partial charge in [0.25, 0.3) is 0 Å². The topological polar surface area (TPSA) is 88.3 Å². The highest BCUT2D eigenvalue weighted by molar-refractivity contribution is 5.84. The Bertz CT molecular complexity index is 619. The molecule has 3 rings (SSSR count). The number of hydrogen-bond donors (Lipinski definition) is 1. The Morgan fingerprint density at radius 2 is 1.96 bits per heavy atom. The molecule has 1 aliphatic carbocycles. The summed E-state index contributed by atoms with van der Waals surface area (Å²) in [6.07, 6.45) is 6.04. The molecule has 1 fully saturated rings. The second kappa shape index (κ2) is 5.94. The maximum atomic E-state index is 12.8. The van der Waals surface area contributed by atoms with E-state index in [1.54, 1.807) is 11.5 Å². The molecule has 0 spiro atoms. The van der Waals surface area contributed by atoms with Crippen LogP contribution in [0.1, 0.15) is 57.1 Å². The van der Waals surface area contributed by atoms with Crippen LogP contribution in [0.2, 0.25) is 0 Å². The summed E-state index contributed by atoms with van der Waals surface area (Å²) in [5.41, 5.74) is -0.000572. The van der Waals surface area contributed by atoms with E-state index in [9.17, 15) is 14.7 Å². The summed E-state index contributed by atoms with van der Waals surface area (Å²) in [5.74, 6) is 0.319. The minimum atomic E-state index is -0.967. The van der Waals surface area contributed by atoms with Crippen LogP contribution in [0.4, 0.5) is 0 Å². The van der Waals surface area contributed by atoms with E-state index in [0.29, 0.717) is 18.1 Å². The molecule has 1 N–H and O–H groups in total. The summed E-state index contributed by atoms with van der Waals surface area (Å²) in [7, 11) is 0. The van der Waals surface area contributed by atoms with Crippen molar-refractivity contribution in [1.29, 1.82) is 0 Å². The van der Waals surface area contributed by atoms with Gasteiger partial charge in [0.15, 0.2) is 5.82 Å². The minimum Gasteiger partial charge on any atom is -0.480 e. The first-order valence-corrected chi connectivity index (χ1v) is 8.31. The fourth-order valence-corrected chi connectivity index (χ4v) is 3.84. The number of aryl methyl sites for hydroxylation is 1. The van der Waals surface area contributed by atoms with Gasteiger partial charge in [-0.3, -0.25) is 4.79 Å². The number of carbonyl (C=O) groups excluding carboxylic acids is 1. The smallest absolute Gasteiger partial charge is 0.328 e. The molecular formula is C16H24N4O3. The summed E-state index contributed by atoms with van der Waals surface area (Å²) in [5, 5.41) is 17.6. The zero-order valence-electron chi connectivity index (χ0n) is 13.8. The minimum absolute atomic E-state index is 0.000572. The van der Waals surface area contributed by atoms with Crippen molar-refractivity contribution >= 4 is 11.9 Å². The first-order valence-electron chi connectivity index (χ1n) is 8.31. The predicted molar refractivity (Wildman–Crippen MR) is 82.5 cm³/mol. The van der Waals surface area contributed by atoms with Gasteiger partial charge in [-0.25, -0.2) is 4.79 Å². The lowest BCUT2D eigenvalue weighted by atomic mass is 9.73. The van der Waals surface area contributed by atoms with Crippen LogP contribution >= 0.6 is 0 Å². The van der Waals surface area contributed by atoms with Gasteiger partial charge in [0.1, 0.15) is 11.9 Å². The Balaban J connectivity index is 1.79. The van der Waals surface area contributed by atoms with Crippen molar-refractivity contribution in [2.24, 2.45) is 5.41 Å². The molecule has 7 nitrogen and oxygen atoms in total. The van der Waals surface area contributed by atoms with Crippen molar-refractivity contribution in [2.75, 3.05) is 0 Å². The third-order valence-corrected chi connectivity index (χ3v) is 5.30. The number of hydrogen-bond acceptors (Lipinski definition) is 4. The second-order valence-corrected chi connectivity index (χ2v) is 7.20. The largest absolute Gasteiger partial charge is 0.480 e. The van der Waals surface area contributed by atoms with E-state index in [0.717, 1.165) is 25.7 Å². The zero-order valence-corrected chi connectivity index (χ0v) is 13.8. The molecule has 2 aliphatic rings. The van der Waals surface area contributed by atoms with Crippen LogP contribution in [-0.4, -0.2) is 42.7 Å². The van der Waals surface area contributed by atoms with E-state index < -0.39 is 12.0 Å². The van der Waals surface area contributed by atoms with Crippen molar-refractivity contribution in [3.63, 3.8) is 0 Å². The number of aromatic nitrogens is 3. The van der Waals surface area contributed by atoms with Crippen molar-refractivity contribution in [2.45, 2.75) is 71.5 Å². The van der Waals surface area contributed by atoms with Crippen molar-refractivity contribution in [1.82, 2.24) is 19.7 Å². The van der Waals surface area contributed by atoms with Crippen LogP contribution in [-0.2, 0) is 22.7 Å². The quantitative estimate of drug-likeness (QED) is 0.916. The molecule has 1 aromatic rings. The van der Waals surface area contributed by atoms with Gasteiger partial charge in [0.2, 0.25) is 5.91 Å². The first-order chi connectivity index (χ1) is 10.9. The van der Waals surface area contributed by atoms with E-state index in [4.69, 9.17) is 0 Å². The fraction of sp³-hybridized carbons (Fsp3) is 0.750. The van der Waals surface area contributed by atoms with Gasteiger partial charge in [-0.2, -0.15) is 0 Å². The van der Waals surface area contributed by atoms with Gasteiger partial charge in [0, 0.05) is 6.42 Å². The molecule has 1 unspecified atom stereocenters.